The fourth-order valence-corrected chi connectivity index (χ4v) is 1.85. The van der Waals surface area contributed by atoms with Crippen LogP contribution in [-0.2, 0) is 14.3 Å². The molecule has 1 amide bonds. The van der Waals surface area contributed by atoms with E-state index in [-0.39, 0.29) is 18.4 Å². The largest absolute Gasteiger partial charge is 0.481 e. The van der Waals surface area contributed by atoms with E-state index in [4.69, 9.17) is 9.84 Å². The van der Waals surface area contributed by atoms with Gasteiger partial charge in [0.15, 0.2) is 0 Å². The lowest BCUT2D eigenvalue weighted by molar-refractivity contribution is -0.152. The monoisotopic (exact) mass is 243 g/mol. The van der Waals surface area contributed by atoms with Crippen molar-refractivity contribution in [1.29, 1.82) is 0 Å². The van der Waals surface area contributed by atoms with E-state index in [2.05, 4.69) is 0 Å². The average Bonchev–Trinajstić information content (AvgIpc) is 2.28. The van der Waals surface area contributed by atoms with Gasteiger partial charge in [-0.2, -0.15) is 0 Å². The predicted octanol–water partition coefficient (Wildman–Crippen LogP) is 1.12. The van der Waals surface area contributed by atoms with Crippen molar-refractivity contribution in [3.63, 3.8) is 0 Å². The molecule has 5 nitrogen and oxygen atoms in total. The summed E-state index contributed by atoms with van der Waals surface area (Å²) in [6.45, 7) is 4.49. The highest BCUT2D eigenvalue weighted by molar-refractivity contribution is 5.84. The minimum Gasteiger partial charge on any atom is -0.481 e. The Kier molecular flexibility index (Phi) is 4.51. The maximum absolute atomic E-state index is 12.0. The Balaban J connectivity index is 2.54. The molecular formula is C12H21NO4. The molecule has 17 heavy (non-hydrogen) atoms. The summed E-state index contributed by atoms with van der Waals surface area (Å²) < 4.78 is 5.24. The zero-order valence-corrected chi connectivity index (χ0v) is 10.7. The van der Waals surface area contributed by atoms with Crippen LogP contribution in [0.3, 0.4) is 0 Å². The minimum absolute atomic E-state index is 0.0379. The average molecular weight is 243 g/mol. The van der Waals surface area contributed by atoms with E-state index in [1.165, 1.54) is 0 Å². The van der Waals surface area contributed by atoms with Crippen molar-refractivity contribution in [3.8, 4) is 0 Å². The molecular weight excluding hydrogens is 222 g/mol. The third kappa shape index (κ3) is 3.70. The fraction of sp³-hybridized carbons (Fsp3) is 0.833. The number of carbonyl (C=O) groups excluding carboxylic acids is 1. The van der Waals surface area contributed by atoms with Gasteiger partial charge in [-0.05, 0) is 26.7 Å². The lowest BCUT2D eigenvalue weighted by Gasteiger charge is -2.32. The van der Waals surface area contributed by atoms with Gasteiger partial charge in [0.05, 0.1) is 5.41 Å². The molecule has 1 rings (SSSR count). The van der Waals surface area contributed by atoms with E-state index in [0.29, 0.717) is 13.2 Å². The van der Waals surface area contributed by atoms with Gasteiger partial charge in [0.1, 0.15) is 0 Å². The highest BCUT2D eigenvalue weighted by Crippen LogP contribution is 2.23. The maximum atomic E-state index is 12.0. The van der Waals surface area contributed by atoms with Crippen molar-refractivity contribution in [2.45, 2.75) is 39.2 Å². The summed E-state index contributed by atoms with van der Waals surface area (Å²) in [6, 6.07) is 0.181. The molecule has 0 aromatic rings. The number of carboxylic acids is 1. The molecule has 0 unspecified atom stereocenters. The summed E-state index contributed by atoms with van der Waals surface area (Å²) in [5.74, 6) is -1.05. The van der Waals surface area contributed by atoms with E-state index in [1.807, 2.05) is 0 Å². The summed E-state index contributed by atoms with van der Waals surface area (Å²) >= 11 is 0. The predicted molar refractivity (Wildman–Crippen MR) is 62.6 cm³/mol. The molecule has 1 aliphatic heterocycles. The first-order chi connectivity index (χ1) is 7.84. The van der Waals surface area contributed by atoms with Crippen LogP contribution in [0.2, 0.25) is 0 Å². The van der Waals surface area contributed by atoms with Crippen LogP contribution in [0.5, 0.6) is 0 Å². The van der Waals surface area contributed by atoms with E-state index in [1.54, 1.807) is 25.8 Å². The molecule has 1 fully saturated rings. The molecule has 0 aromatic heterocycles. The Morgan fingerprint density at radius 2 is 1.88 bits per heavy atom. The number of carboxylic acid groups (broad SMARTS) is 1. The Morgan fingerprint density at radius 3 is 2.35 bits per heavy atom. The lowest BCUT2D eigenvalue weighted by Crippen LogP contribution is -2.43. The number of ether oxygens (including phenoxy) is 1. The summed E-state index contributed by atoms with van der Waals surface area (Å²) in [7, 11) is 1.75. The van der Waals surface area contributed by atoms with Gasteiger partial charge in [-0.3, -0.25) is 9.59 Å². The summed E-state index contributed by atoms with van der Waals surface area (Å²) in [5.41, 5.74) is -1.00. The molecule has 0 bridgehead atoms. The Bertz CT molecular complexity index is 295. The van der Waals surface area contributed by atoms with Crippen molar-refractivity contribution in [2.24, 2.45) is 5.41 Å². The minimum atomic E-state index is -1.00. The van der Waals surface area contributed by atoms with Crippen LogP contribution in [-0.4, -0.2) is 48.2 Å². The lowest BCUT2D eigenvalue weighted by atomic mass is 9.88. The molecule has 5 heteroatoms. The van der Waals surface area contributed by atoms with Crippen molar-refractivity contribution in [2.75, 3.05) is 20.3 Å². The highest BCUT2D eigenvalue weighted by atomic mass is 16.5. The number of carbonyl (C=O) groups is 2. The number of aliphatic carboxylic acids is 1. The Labute approximate surface area is 102 Å². The molecule has 0 radical (unpaired) electrons. The van der Waals surface area contributed by atoms with E-state index >= 15 is 0 Å². The van der Waals surface area contributed by atoms with Gasteiger partial charge in [-0.15, -0.1) is 0 Å². The third-order valence-electron chi connectivity index (χ3n) is 3.30. The highest BCUT2D eigenvalue weighted by Gasteiger charge is 2.33. The molecule has 1 saturated heterocycles. The van der Waals surface area contributed by atoms with Gasteiger partial charge in [0, 0.05) is 32.7 Å². The van der Waals surface area contributed by atoms with E-state index in [9.17, 15) is 9.59 Å². The van der Waals surface area contributed by atoms with Crippen LogP contribution in [0.4, 0.5) is 0 Å². The molecule has 0 aliphatic carbocycles. The second-order valence-corrected chi connectivity index (χ2v) is 5.21. The molecule has 0 aromatic carbocycles. The topological polar surface area (TPSA) is 66.8 Å². The molecule has 0 spiro atoms. The van der Waals surface area contributed by atoms with Gasteiger partial charge in [-0.25, -0.2) is 0 Å². The van der Waals surface area contributed by atoms with Crippen molar-refractivity contribution < 1.29 is 19.4 Å². The Morgan fingerprint density at radius 1 is 1.35 bits per heavy atom. The molecule has 1 N–H and O–H groups in total. The molecule has 1 aliphatic rings. The Hall–Kier alpha value is -1.10. The van der Waals surface area contributed by atoms with Gasteiger partial charge in [-0.1, -0.05) is 0 Å². The summed E-state index contributed by atoms with van der Waals surface area (Å²) in [5, 5.41) is 8.99. The number of amides is 1. The number of nitrogens with zero attached hydrogens (tertiary/aromatic N) is 1. The second-order valence-electron chi connectivity index (χ2n) is 5.21. The normalized spacial score (nSPS) is 17.8. The molecule has 0 saturated carbocycles. The third-order valence-corrected chi connectivity index (χ3v) is 3.30. The summed E-state index contributed by atoms with van der Waals surface area (Å²) in [6.07, 6.45) is 1.70. The maximum Gasteiger partial charge on any atom is 0.309 e. The van der Waals surface area contributed by atoms with Crippen molar-refractivity contribution in [3.05, 3.63) is 0 Å². The van der Waals surface area contributed by atoms with Crippen LogP contribution in [0, 0.1) is 5.41 Å². The van der Waals surface area contributed by atoms with E-state index < -0.39 is 11.4 Å². The quantitative estimate of drug-likeness (QED) is 0.803. The zero-order valence-electron chi connectivity index (χ0n) is 10.7. The van der Waals surface area contributed by atoms with Gasteiger partial charge >= 0.3 is 5.97 Å². The van der Waals surface area contributed by atoms with Gasteiger partial charge < -0.3 is 14.7 Å². The van der Waals surface area contributed by atoms with Crippen LogP contribution in [0.1, 0.15) is 33.1 Å². The standard InChI is InChI=1S/C12H21NO4/c1-12(2,11(15)16)8-10(14)13(3)9-4-6-17-7-5-9/h9H,4-8H2,1-3H3,(H,15,16). The molecule has 0 atom stereocenters. The first kappa shape index (κ1) is 14.0. The smallest absolute Gasteiger partial charge is 0.309 e. The summed E-state index contributed by atoms with van der Waals surface area (Å²) in [4.78, 5) is 24.6. The first-order valence-electron chi connectivity index (χ1n) is 5.91. The number of hydrogen-bond donors (Lipinski definition) is 1. The van der Waals surface area contributed by atoms with Crippen LogP contribution >= 0.6 is 0 Å². The first-order valence-corrected chi connectivity index (χ1v) is 5.91. The van der Waals surface area contributed by atoms with Crippen LogP contribution in [0.15, 0.2) is 0 Å². The molecule has 98 valence electrons. The SMILES string of the molecule is CN(C(=O)CC(C)(C)C(=O)O)C1CCOCC1. The van der Waals surface area contributed by atoms with Gasteiger partial charge in [0.25, 0.3) is 0 Å². The fourth-order valence-electron chi connectivity index (χ4n) is 1.85. The number of rotatable bonds is 4. The van der Waals surface area contributed by atoms with E-state index in [0.717, 1.165) is 12.8 Å². The van der Waals surface area contributed by atoms with Crippen molar-refractivity contribution >= 4 is 11.9 Å². The van der Waals surface area contributed by atoms with Crippen LogP contribution < -0.4 is 0 Å². The number of hydrogen-bond acceptors (Lipinski definition) is 3. The van der Waals surface area contributed by atoms with Crippen molar-refractivity contribution in [1.82, 2.24) is 4.90 Å². The second kappa shape index (κ2) is 5.49. The zero-order chi connectivity index (χ0) is 13.1. The van der Waals surface area contributed by atoms with Gasteiger partial charge in [0.2, 0.25) is 5.91 Å². The molecule has 1 heterocycles. The van der Waals surface area contributed by atoms with Crippen LogP contribution in [0.25, 0.3) is 0 Å².